The van der Waals surface area contributed by atoms with Crippen LogP contribution >= 0.6 is 0 Å². The normalized spacial score (nSPS) is 13.9. The van der Waals surface area contributed by atoms with Gasteiger partial charge in [0.1, 0.15) is 17.1 Å². The van der Waals surface area contributed by atoms with Crippen molar-refractivity contribution in [2.75, 3.05) is 19.0 Å². The van der Waals surface area contributed by atoms with Gasteiger partial charge in [0, 0.05) is 35.6 Å². The van der Waals surface area contributed by atoms with Crippen LogP contribution in [0.3, 0.4) is 0 Å². The zero-order chi connectivity index (χ0) is 25.1. The summed E-state index contributed by atoms with van der Waals surface area (Å²) in [6.45, 7) is 2.62. The number of rotatable bonds is 10. The van der Waals surface area contributed by atoms with Gasteiger partial charge in [-0.05, 0) is 43.9 Å². The third kappa shape index (κ3) is 5.20. The Hall–Kier alpha value is -4.25. The molecule has 1 unspecified atom stereocenters. The molecule has 11 nitrogen and oxygen atoms in total. The Morgan fingerprint density at radius 3 is 2.89 bits per heavy atom. The first-order valence-corrected chi connectivity index (χ1v) is 11.8. The van der Waals surface area contributed by atoms with Crippen molar-refractivity contribution >= 4 is 17.5 Å². The Kier molecular flexibility index (Phi) is 6.63. The molecule has 0 radical (unpaired) electrons. The number of aryl methyl sites for hydroxylation is 1. The summed E-state index contributed by atoms with van der Waals surface area (Å²) in [7, 11) is 1.58. The summed E-state index contributed by atoms with van der Waals surface area (Å²) in [4.78, 5) is 21.7. The Morgan fingerprint density at radius 2 is 2.17 bits per heavy atom. The standard InChI is InChI=1S/C25H28N8O3/c1-15-8-20(32-36-15)12-27-24(34)17-4-3-5-19(9-17)30-25-28-13-22(35-2)23(31-25)18-11-29-33(14-18)21(10-26)16-6-7-16/h3-5,8-9,11,13-14,16,21H,6-7,10,12,26H2,1-2H3,(H,27,34)(H,28,30,31). The quantitative estimate of drug-likeness (QED) is 0.306. The van der Waals surface area contributed by atoms with Crippen molar-refractivity contribution in [1.82, 2.24) is 30.2 Å². The van der Waals surface area contributed by atoms with Crippen molar-refractivity contribution in [1.29, 1.82) is 0 Å². The average molecular weight is 489 g/mol. The highest BCUT2D eigenvalue weighted by Crippen LogP contribution is 2.39. The van der Waals surface area contributed by atoms with E-state index in [0.717, 1.165) is 5.56 Å². The second kappa shape index (κ2) is 10.2. The molecular weight excluding hydrogens is 460 g/mol. The van der Waals surface area contributed by atoms with E-state index >= 15 is 0 Å². The highest BCUT2D eigenvalue weighted by molar-refractivity contribution is 5.95. The van der Waals surface area contributed by atoms with Gasteiger partial charge < -0.3 is 25.6 Å². The first-order valence-electron chi connectivity index (χ1n) is 11.8. The molecule has 3 heterocycles. The Labute approximate surface area is 208 Å². The predicted molar refractivity (Wildman–Crippen MR) is 133 cm³/mol. The lowest BCUT2D eigenvalue weighted by Gasteiger charge is -2.14. The number of carbonyl (C=O) groups is 1. The maximum Gasteiger partial charge on any atom is 0.251 e. The van der Waals surface area contributed by atoms with E-state index in [4.69, 9.17) is 15.0 Å². The highest BCUT2D eigenvalue weighted by Gasteiger charge is 2.32. The third-order valence-electron chi connectivity index (χ3n) is 6.09. The zero-order valence-electron chi connectivity index (χ0n) is 20.1. The summed E-state index contributed by atoms with van der Waals surface area (Å²) in [5, 5.41) is 14.4. The Morgan fingerprint density at radius 1 is 1.31 bits per heavy atom. The number of anilines is 2. The van der Waals surface area contributed by atoms with Gasteiger partial charge >= 0.3 is 0 Å². The van der Waals surface area contributed by atoms with E-state index in [1.165, 1.54) is 12.8 Å². The van der Waals surface area contributed by atoms with Gasteiger partial charge in [-0.15, -0.1) is 0 Å². The number of aromatic nitrogens is 5. The molecule has 5 rings (SSSR count). The van der Waals surface area contributed by atoms with Crippen LogP contribution in [0.25, 0.3) is 11.3 Å². The van der Waals surface area contributed by atoms with E-state index in [1.54, 1.807) is 50.7 Å². The summed E-state index contributed by atoms with van der Waals surface area (Å²) in [5.41, 5.74) is 9.23. The molecule has 1 aliphatic rings. The largest absolute Gasteiger partial charge is 0.493 e. The van der Waals surface area contributed by atoms with Crippen LogP contribution in [-0.4, -0.2) is 44.5 Å². The number of ether oxygens (including phenoxy) is 1. The summed E-state index contributed by atoms with van der Waals surface area (Å²) in [6.07, 6.45) is 7.68. The molecule has 0 saturated heterocycles. The summed E-state index contributed by atoms with van der Waals surface area (Å²) in [6, 6.07) is 9.06. The van der Waals surface area contributed by atoms with Gasteiger partial charge in [-0.25, -0.2) is 9.97 Å². The third-order valence-corrected chi connectivity index (χ3v) is 6.09. The molecule has 1 aliphatic carbocycles. The lowest BCUT2D eigenvalue weighted by Crippen LogP contribution is -2.23. The summed E-state index contributed by atoms with van der Waals surface area (Å²) >= 11 is 0. The predicted octanol–water partition coefficient (Wildman–Crippen LogP) is 3.23. The topological polar surface area (TPSA) is 146 Å². The highest BCUT2D eigenvalue weighted by atomic mass is 16.5. The van der Waals surface area contributed by atoms with Gasteiger partial charge in [0.15, 0.2) is 5.75 Å². The second-order valence-electron chi connectivity index (χ2n) is 8.78. The smallest absolute Gasteiger partial charge is 0.251 e. The summed E-state index contributed by atoms with van der Waals surface area (Å²) in [5.74, 6) is 1.95. The number of carbonyl (C=O) groups excluding carboxylic acids is 1. The number of benzene rings is 1. The fourth-order valence-electron chi connectivity index (χ4n) is 4.07. The minimum atomic E-state index is -0.229. The zero-order valence-corrected chi connectivity index (χ0v) is 20.1. The molecule has 1 saturated carbocycles. The molecule has 3 aromatic heterocycles. The molecular formula is C25H28N8O3. The van der Waals surface area contributed by atoms with Gasteiger partial charge in [0.05, 0.1) is 32.1 Å². The van der Waals surface area contributed by atoms with Crippen LogP contribution in [0.5, 0.6) is 5.75 Å². The van der Waals surface area contributed by atoms with E-state index in [9.17, 15) is 4.79 Å². The Bertz CT molecular complexity index is 1360. The van der Waals surface area contributed by atoms with E-state index in [2.05, 4.69) is 30.9 Å². The molecule has 0 spiro atoms. The number of nitrogens with two attached hydrogens (primary N) is 1. The fraction of sp³-hybridized carbons (Fsp3) is 0.320. The van der Waals surface area contributed by atoms with Gasteiger partial charge in [-0.1, -0.05) is 11.2 Å². The first kappa shape index (κ1) is 23.5. The number of hydrogen-bond donors (Lipinski definition) is 3. The molecule has 1 atom stereocenters. The maximum atomic E-state index is 12.6. The molecule has 1 fully saturated rings. The maximum absolute atomic E-state index is 12.6. The molecule has 1 amide bonds. The lowest BCUT2D eigenvalue weighted by molar-refractivity contribution is 0.0950. The van der Waals surface area contributed by atoms with Gasteiger partial charge in [-0.2, -0.15) is 5.10 Å². The number of nitrogens with one attached hydrogen (secondary N) is 2. The van der Waals surface area contributed by atoms with Crippen LogP contribution in [0.1, 0.15) is 40.7 Å². The van der Waals surface area contributed by atoms with Crippen molar-refractivity contribution in [3.8, 4) is 17.0 Å². The van der Waals surface area contributed by atoms with Crippen LogP contribution in [0.4, 0.5) is 11.6 Å². The molecule has 36 heavy (non-hydrogen) atoms. The number of amides is 1. The molecule has 0 bridgehead atoms. The number of nitrogens with zero attached hydrogens (tertiary/aromatic N) is 5. The molecule has 4 N–H and O–H groups in total. The SMILES string of the molecule is COc1cnc(Nc2cccc(C(=O)NCc3cc(C)on3)c2)nc1-c1cnn(C(CN)C2CC2)c1. The van der Waals surface area contributed by atoms with E-state index < -0.39 is 0 Å². The van der Waals surface area contributed by atoms with Crippen LogP contribution in [0.2, 0.25) is 0 Å². The minimum absolute atomic E-state index is 0.186. The van der Waals surface area contributed by atoms with Crippen LogP contribution in [-0.2, 0) is 6.54 Å². The lowest BCUT2D eigenvalue weighted by atomic mass is 10.2. The molecule has 11 heteroatoms. The van der Waals surface area contributed by atoms with E-state index in [-0.39, 0.29) is 18.5 Å². The minimum Gasteiger partial charge on any atom is -0.493 e. The molecule has 1 aromatic carbocycles. The van der Waals surface area contributed by atoms with Crippen molar-refractivity contribution in [2.24, 2.45) is 11.7 Å². The van der Waals surface area contributed by atoms with Crippen LogP contribution in [0.15, 0.2) is 53.4 Å². The van der Waals surface area contributed by atoms with Gasteiger partial charge in [0.25, 0.3) is 5.91 Å². The molecule has 4 aromatic rings. The van der Waals surface area contributed by atoms with Gasteiger partial charge in [0.2, 0.25) is 5.95 Å². The summed E-state index contributed by atoms with van der Waals surface area (Å²) < 4.78 is 12.5. The van der Waals surface area contributed by atoms with Crippen molar-refractivity contribution < 1.29 is 14.1 Å². The van der Waals surface area contributed by atoms with E-state index in [1.807, 2.05) is 16.9 Å². The average Bonchev–Trinajstić information content (AvgIpc) is 3.45. The Balaban J connectivity index is 1.32. The second-order valence-corrected chi connectivity index (χ2v) is 8.78. The van der Waals surface area contributed by atoms with Crippen molar-refractivity contribution in [3.63, 3.8) is 0 Å². The molecule has 186 valence electrons. The van der Waals surface area contributed by atoms with Crippen LogP contribution < -0.4 is 21.1 Å². The van der Waals surface area contributed by atoms with E-state index in [0.29, 0.717) is 52.6 Å². The van der Waals surface area contributed by atoms with Crippen molar-refractivity contribution in [3.05, 3.63) is 65.9 Å². The van der Waals surface area contributed by atoms with Crippen molar-refractivity contribution in [2.45, 2.75) is 32.4 Å². The fourth-order valence-corrected chi connectivity index (χ4v) is 4.07. The number of hydrogen-bond acceptors (Lipinski definition) is 9. The molecule has 0 aliphatic heterocycles. The number of methoxy groups -OCH3 is 1. The van der Waals surface area contributed by atoms with Gasteiger partial charge in [-0.3, -0.25) is 9.48 Å². The first-order chi connectivity index (χ1) is 17.5. The van der Waals surface area contributed by atoms with Crippen LogP contribution in [0, 0.1) is 12.8 Å². The monoisotopic (exact) mass is 488 g/mol.